The number of nitrogens with zero attached hydrogens (tertiary/aromatic N) is 2. The van der Waals surface area contributed by atoms with Crippen LogP contribution in [0.1, 0.15) is 18.5 Å². The average molecular weight is 396 g/mol. The molecule has 1 amide bonds. The Kier molecular flexibility index (Phi) is 5.64. The fourth-order valence-corrected chi connectivity index (χ4v) is 4.77. The lowest BCUT2D eigenvalue weighted by Crippen LogP contribution is -2.25. The number of fused-ring (bicyclic) bond motifs is 1. The van der Waals surface area contributed by atoms with Crippen molar-refractivity contribution in [3.05, 3.63) is 42.2 Å². The van der Waals surface area contributed by atoms with Gasteiger partial charge in [-0.25, -0.2) is 0 Å². The van der Waals surface area contributed by atoms with Gasteiger partial charge in [0.1, 0.15) is 5.69 Å². The van der Waals surface area contributed by atoms with Crippen LogP contribution in [0.4, 0.5) is 5.69 Å². The van der Waals surface area contributed by atoms with E-state index >= 15 is 0 Å². The van der Waals surface area contributed by atoms with E-state index in [-0.39, 0.29) is 5.91 Å². The minimum atomic E-state index is 0.0652. The first-order valence-corrected chi connectivity index (χ1v) is 10.9. The zero-order valence-corrected chi connectivity index (χ0v) is 17.0. The van der Waals surface area contributed by atoms with E-state index in [1.165, 1.54) is 0 Å². The van der Waals surface area contributed by atoms with Crippen LogP contribution >= 0.6 is 11.8 Å². The number of aromatic amines is 1. The number of thioether (sulfide) groups is 1. The molecule has 7 heteroatoms. The number of benzene rings is 1. The van der Waals surface area contributed by atoms with Gasteiger partial charge in [-0.3, -0.25) is 14.9 Å². The van der Waals surface area contributed by atoms with Crippen molar-refractivity contribution in [3.8, 4) is 11.3 Å². The maximum atomic E-state index is 12.6. The molecule has 2 atom stereocenters. The molecule has 6 nitrogen and oxygen atoms in total. The van der Waals surface area contributed by atoms with E-state index in [2.05, 4.69) is 32.1 Å². The molecule has 1 fully saturated rings. The number of rotatable bonds is 6. The molecule has 2 aromatic heterocycles. The van der Waals surface area contributed by atoms with Crippen molar-refractivity contribution in [2.75, 3.05) is 24.7 Å². The highest BCUT2D eigenvalue weighted by Crippen LogP contribution is 2.29. The number of pyridine rings is 1. The number of hydrogen-bond donors (Lipinski definition) is 3. The summed E-state index contributed by atoms with van der Waals surface area (Å²) in [5.41, 5.74) is 4.58. The first kappa shape index (κ1) is 19.0. The molecule has 0 radical (unpaired) electrons. The SMILES string of the molecule is CS[C@@H](CC(=O)Nc1ccc2[nH]nc(-c3ccnc(C)c3)c2c1)C1CCNC1. The summed E-state index contributed by atoms with van der Waals surface area (Å²) in [7, 11) is 0. The first-order valence-electron chi connectivity index (χ1n) is 9.58. The summed E-state index contributed by atoms with van der Waals surface area (Å²) in [4.78, 5) is 16.9. The first-order chi connectivity index (χ1) is 13.6. The summed E-state index contributed by atoms with van der Waals surface area (Å²) in [6.07, 6.45) is 5.57. The molecule has 1 aromatic carbocycles. The zero-order chi connectivity index (χ0) is 19.5. The molecular weight excluding hydrogens is 370 g/mol. The van der Waals surface area contributed by atoms with Crippen LogP contribution in [0.25, 0.3) is 22.2 Å². The summed E-state index contributed by atoms with van der Waals surface area (Å²) in [6, 6.07) is 9.84. The summed E-state index contributed by atoms with van der Waals surface area (Å²) < 4.78 is 0. The number of aromatic nitrogens is 3. The van der Waals surface area contributed by atoms with Gasteiger partial charge in [-0.1, -0.05) is 0 Å². The highest BCUT2D eigenvalue weighted by molar-refractivity contribution is 7.99. The highest BCUT2D eigenvalue weighted by atomic mass is 32.2. The molecule has 28 heavy (non-hydrogen) atoms. The number of nitrogens with one attached hydrogen (secondary N) is 3. The van der Waals surface area contributed by atoms with E-state index in [1.807, 2.05) is 37.3 Å². The van der Waals surface area contributed by atoms with Gasteiger partial charge in [0.15, 0.2) is 0 Å². The van der Waals surface area contributed by atoms with Crippen molar-refractivity contribution >= 4 is 34.3 Å². The number of aryl methyl sites for hydroxylation is 1. The monoisotopic (exact) mass is 395 g/mol. The third-order valence-electron chi connectivity index (χ3n) is 5.33. The summed E-state index contributed by atoms with van der Waals surface area (Å²) in [5, 5.41) is 15.3. The predicted molar refractivity (Wildman–Crippen MR) is 116 cm³/mol. The van der Waals surface area contributed by atoms with E-state index in [0.717, 1.165) is 53.1 Å². The molecular formula is C21H25N5OS. The van der Waals surface area contributed by atoms with Crippen LogP contribution in [0.2, 0.25) is 0 Å². The van der Waals surface area contributed by atoms with Gasteiger partial charge in [-0.15, -0.1) is 0 Å². The third-order valence-corrected chi connectivity index (χ3v) is 6.49. The molecule has 0 bridgehead atoms. The standard InChI is InChI=1S/C21H25N5OS/c1-13-9-14(6-8-23-13)21-17-10-16(3-4-18(17)25-26-21)24-20(27)11-19(28-2)15-5-7-22-12-15/h3-4,6,8-10,15,19,22H,5,7,11-12H2,1-2H3,(H,24,27)(H,25,26)/t15?,19-/m0/s1. The minimum Gasteiger partial charge on any atom is -0.326 e. The molecule has 146 valence electrons. The normalized spacial score (nSPS) is 17.7. The lowest BCUT2D eigenvalue weighted by Gasteiger charge is -2.20. The Labute approximate surface area is 168 Å². The van der Waals surface area contributed by atoms with E-state index < -0.39 is 0 Å². The number of hydrogen-bond acceptors (Lipinski definition) is 5. The quantitative estimate of drug-likeness (QED) is 0.594. The second-order valence-corrected chi connectivity index (χ2v) is 8.37. The number of carbonyl (C=O) groups is 1. The largest absolute Gasteiger partial charge is 0.326 e. The van der Waals surface area contributed by atoms with E-state index in [4.69, 9.17) is 0 Å². The fraction of sp³-hybridized carbons (Fsp3) is 0.381. The number of H-pyrrole nitrogens is 1. The second kappa shape index (κ2) is 8.32. The molecule has 1 aliphatic heterocycles. The maximum absolute atomic E-state index is 12.6. The van der Waals surface area contributed by atoms with E-state index in [9.17, 15) is 4.79 Å². The van der Waals surface area contributed by atoms with Crippen LogP contribution in [0, 0.1) is 12.8 Å². The zero-order valence-electron chi connectivity index (χ0n) is 16.2. The van der Waals surface area contributed by atoms with E-state index in [0.29, 0.717) is 17.6 Å². The summed E-state index contributed by atoms with van der Waals surface area (Å²) >= 11 is 1.79. The smallest absolute Gasteiger partial charge is 0.225 e. The lowest BCUT2D eigenvalue weighted by molar-refractivity contribution is -0.116. The van der Waals surface area contributed by atoms with Crippen LogP contribution in [0.15, 0.2) is 36.5 Å². The Morgan fingerprint density at radius 2 is 2.25 bits per heavy atom. The van der Waals surface area contributed by atoms with Gasteiger partial charge in [0.25, 0.3) is 0 Å². The summed E-state index contributed by atoms with van der Waals surface area (Å²) in [5.74, 6) is 0.633. The maximum Gasteiger partial charge on any atom is 0.225 e. The Hall–Kier alpha value is -2.38. The van der Waals surface area contributed by atoms with Gasteiger partial charge in [0, 0.05) is 40.2 Å². The Morgan fingerprint density at radius 1 is 1.36 bits per heavy atom. The predicted octanol–water partition coefficient (Wildman–Crippen LogP) is 3.60. The Bertz CT molecular complexity index is 980. The lowest BCUT2D eigenvalue weighted by atomic mass is 10.0. The molecule has 1 saturated heterocycles. The molecule has 3 heterocycles. The van der Waals surface area contributed by atoms with Crippen LogP contribution in [0.3, 0.4) is 0 Å². The highest BCUT2D eigenvalue weighted by Gasteiger charge is 2.26. The van der Waals surface area contributed by atoms with Crippen LogP contribution < -0.4 is 10.6 Å². The van der Waals surface area contributed by atoms with Gasteiger partial charge in [0.2, 0.25) is 5.91 Å². The van der Waals surface area contributed by atoms with Gasteiger partial charge in [0.05, 0.1) is 5.52 Å². The molecule has 0 aliphatic carbocycles. The summed E-state index contributed by atoms with van der Waals surface area (Å²) in [6.45, 7) is 4.03. The van der Waals surface area contributed by atoms with Crippen LogP contribution in [-0.2, 0) is 4.79 Å². The van der Waals surface area contributed by atoms with Crippen molar-refractivity contribution in [3.63, 3.8) is 0 Å². The van der Waals surface area contributed by atoms with Crippen molar-refractivity contribution in [1.29, 1.82) is 0 Å². The Balaban J connectivity index is 1.52. The molecule has 1 aliphatic rings. The van der Waals surface area contributed by atoms with Gasteiger partial charge in [-0.05, 0) is 68.9 Å². The van der Waals surface area contributed by atoms with Crippen molar-refractivity contribution in [2.45, 2.75) is 25.0 Å². The van der Waals surface area contributed by atoms with E-state index in [1.54, 1.807) is 18.0 Å². The van der Waals surface area contributed by atoms with Gasteiger partial charge < -0.3 is 10.6 Å². The number of anilines is 1. The fourth-order valence-electron chi connectivity index (χ4n) is 3.84. The van der Waals surface area contributed by atoms with Crippen molar-refractivity contribution < 1.29 is 4.79 Å². The Morgan fingerprint density at radius 3 is 3.00 bits per heavy atom. The van der Waals surface area contributed by atoms with Gasteiger partial charge >= 0.3 is 0 Å². The minimum absolute atomic E-state index is 0.0652. The van der Waals surface area contributed by atoms with Gasteiger partial charge in [-0.2, -0.15) is 16.9 Å². The van der Waals surface area contributed by atoms with Crippen molar-refractivity contribution in [1.82, 2.24) is 20.5 Å². The van der Waals surface area contributed by atoms with Crippen molar-refractivity contribution in [2.24, 2.45) is 5.92 Å². The number of amides is 1. The molecule has 0 spiro atoms. The molecule has 1 unspecified atom stereocenters. The molecule has 3 aromatic rings. The molecule has 0 saturated carbocycles. The second-order valence-electron chi connectivity index (χ2n) is 7.30. The van der Waals surface area contributed by atoms with Crippen LogP contribution in [0.5, 0.6) is 0 Å². The number of carbonyl (C=O) groups excluding carboxylic acids is 1. The molecule has 3 N–H and O–H groups in total. The third kappa shape index (κ3) is 4.05. The van der Waals surface area contributed by atoms with Crippen LogP contribution in [-0.4, -0.2) is 45.7 Å². The topological polar surface area (TPSA) is 82.7 Å². The average Bonchev–Trinajstić information content (AvgIpc) is 3.36. The molecule has 4 rings (SSSR count).